The number of nitrogens with zero attached hydrogens (tertiary/aromatic N) is 3. The van der Waals surface area contributed by atoms with Gasteiger partial charge in [-0.05, 0) is 30.9 Å². The van der Waals surface area contributed by atoms with Gasteiger partial charge in [0.1, 0.15) is 0 Å². The SMILES string of the molecule is O=C(O)CN1C[C@H]2CC[C@@H]1CN(C(=O)c1ccncc1)C2. The van der Waals surface area contributed by atoms with E-state index in [4.69, 9.17) is 5.11 Å². The van der Waals surface area contributed by atoms with Crippen LogP contribution in [0.4, 0.5) is 0 Å². The molecule has 0 aromatic carbocycles. The molecule has 112 valence electrons. The molecular weight excluding hydrogens is 270 g/mol. The largest absolute Gasteiger partial charge is 0.480 e. The minimum Gasteiger partial charge on any atom is -0.480 e. The summed E-state index contributed by atoms with van der Waals surface area (Å²) < 4.78 is 0. The van der Waals surface area contributed by atoms with Crippen molar-refractivity contribution < 1.29 is 14.7 Å². The number of aliphatic carboxylic acids is 1. The molecule has 21 heavy (non-hydrogen) atoms. The lowest BCUT2D eigenvalue weighted by Crippen LogP contribution is -2.46. The second kappa shape index (κ2) is 5.81. The van der Waals surface area contributed by atoms with Crippen LogP contribution < -0.4 is 0 Å². The summed E-state index contributed by atoms with van der Waals surface area (Å²) in [5.41, 5.74) is 0.649. The lowest BCUT2D eigenvalue weighted by Gasteiger charge is -2.34. The van der Waals surface area contributed by atoms with Crippen molar-refractivity contribution in [1.29, 1.82) is 0 Å². The third-order valence-corrected chi connectivity index (χ3v) is 4.38. The highest BCUT2D eigenvalue weighted by atomic mass is 16.4. The Kier molecular flexibility index (Phi) is 3.88. The zero-order valence-corrected chi connectivity index (χ0v) is 11.8. The van der Waals surface area contributed by atoms with Gasteiger partial charge in [0.2, 0.25) is 0 Å². The first-order valence-corrected chi connectivity index (χ1v) is 7.28. The maximum atomic E-state index is 12.6. The molecule has 6 nitrogen and oxygen atoms in total. The quantitative estimate of drug-likeness (QED) is 0.887. The van der Waals surface area contributed by atoms with E-state index in [1.54, 1.807) is 24.5 Å². The summed E-state index contributed by atoms with van der Waals surface area (Å²) in [6.07, 6.45) is 5.28. The van der Waals surface area contributed by atoms with Crippen molar-refractivity contribution in [2.45, 2.75) is 18.9 Å². The maximum absolute atomic E-state index is 12.6. The Morgan fingerprint density at radius 1 is 1.19 bits per heavy atom. The fourth-order valence-electron chi connectivity index (χ4n) is 3.39. The first kappa shape index (κ1) is 14.0. The fourth-order valence-corrected chi connectivity index (χ4v) is 3.39. The van der Waals surface area contributed by atoms with Crippen molar-refractivity contribution in [3.8, 4) is 0 Å². The van der Waals surface area contributed by atoms with Crippen LogP contribution in [0.5, 0.6) is 0 Å². The predicted octanol–water partition coefficient (Wildman–Crippen LogP) is 0.703. The number of carbonyl (C=O) groups is 2. The minimum atomic E-state index is -0.797. The zero-order valence-electron chi connectivity index (χ0n) is 11.8. The molecule has 1 N–H and O–H groups in total. The highest BCUT2D eigenvalue weighted by Crippen LogP contribution is 2.28. The second-order valence-electron chi connectivity index (χ2n) is 5.87. The molecule has 3 aliphatic heterocycles. The lowest BCUT2D eigenvalue weighted by molar-refractivity contribution is -0.139. The zero-order chi connectivity index (χ0) is 14.8. The fraction of sp³-hybridized carbons (Fsp3) is 0.533. The number of pyridine rings is 1. The molecule has 3 aliphatic rings. The highest BCUT2D eigenvalue weighted by molar-refractivity contribution is 5.94. The summed E-state index contributed by atoms with van der Waals surface area (Å²) in [6, 6.07) is 3.61. The summed E-state index contributed by atoms with van der Waals surface area (Å²) in [5, 5.41) is 9.01. The van der Waals surface area contributed by atoms with Crippen molar-refractivity contribution in [1.82, 2.24) is 14.8 Å². The number of piperidine rings is 1. The van der Waals surface area contributed by atoms with Crippen LogP contribution in [0.1, 0.15) is 23.2 Å². The van der Waals surface area contributed by atoms with Gasteiger partial charge in [-0.25, -0.2) is 0 Å². The van der Waals surface area contributed by atoms with Crippen LogP contribution in [0.3, 0.4) is 0 Å². The van der Waals surface area contributed by atoms with Gasteiger partial charge in [0.15, 0.2) is 0 Å². The number of hydrogen-bond donors (Lipinski definition) is 1. The van der Waals surface area contributed by atoms with Crippen LogP contribution in [0.25, 0.3) is 0 Å². The van der Waals surface area contributed by atoms with Gasteiger partial charge in [-0.2, -0.15) is 0 Å². The number of fused-ring (bicyclic) bond motifs is 4. The molecule has 0 unspecified atom stereocenters. The van der Waals surface area contributed by atoms with Gasteiger partial charge in [-0.3, -0.25) is 19.5 Å². The van der Waals surface area contributed by atoms with Gasteiger partial charge < -0.3 is 10.0 Å². The van der Waals surface area contributed by atoms with Crippen molar-refractivity contribution in [3.63, 3.8) is 0 Å². The number of carboxylic acids is 1. The van der Waals surface area contributed by atoms with Gasteiger partial charge in [0, 0.05) is 43.6 Å². The van der Waals surface area contributed by atoms with E-state index in [1.165, 1.54) is 0 Å². The average Bonchev–Trinajstić information content (AvgIpc) is 2.78. The highest BCUT2D eigenvalue weighted by Gasteiger charge is 2.37. The van der Waals surface area contributed by atoms with Crippen LogP contribution in [0.15, 0.2) is 24.5 Å². The van der Waals surface area contributed by atoms with E-state index in [0.29, 0.717) is 24.6 Å². The maximum Gasteiger partial charge on any atom is 0.317 e. The summed E-state index contributed by atoms with van der Waals surface area (Å²) in [5.74, 6) is -0.407. The molecule has 0 spiro atoms. The first-order valence-electron chi connectivity index (χ1n) is 7.28. The normalized spacial score (nSPS) is 25.6. The first-order chi connectivity index (χ1) is 10.1. The van der Waals surface area contributed by atoms with Crippen molar-refractivity contribution in [2.75, 3.05) is 26.2 Å². The van der Waals surface area contributed by atoms with Gasteiger partial charge in [0.05, 0.1) is 6.54 Å². The van der Waals surface area contributed by atoms with Crippen LogP contribution in [0.2, 0.25) is 0 Å². The van der Waals surface area contributed by atoms with E-state index >= 15 is 0 Å². The van der Waals surface area contributed by atoms with Gasteiger partial charge >= 0.3 is 5.97 Å². The van der Waals surface area contributed by atoms with E-state index in [0.717, 1.165) is 19.4 Å². The molecule has 1 amide bonds. The average molecular weight is 289 g/mol. The molecule has 0 radical (unpaired) electrons. The molecule has 0 aliphatic carbocycles. The molecule has 1 aromatic heterocycles. The standard InChI is InChI=1S/C15H19N3O3/c19-14(20)10-17-7-11-1-2-13(17)9-18(8-11)15(21)12-3-5-16-6-4-12/h3-6,11,13H,1-2,7-10H2,(H,19,20)/t11-,13-/m1/s1. The van der Waals surface area contributed by atoms with Crippen molar-refractivity contribution >= 4 is 11.9 Å². The topological polar surface area (TPSA) is 73.7 Å². The van der Waals surface area contributed by atoms with Gasteiger partial charge in [0.25, 0.3) is 5.91 Å². The van der Waals surface area contributed by atoms with Crippen LogP contribution in [0, 0.1) is 5.92 Å². The molecule has 6 heteroatoms. The lowest BCUT2D eigenvalue weighted by atomic mass is 9.95. The molecule has 2 atom stereocenters. The van der Waals surface area contributed by atoms with Crippen LogP contribution in [-0.4, -0.2) is 64.0 Å². The van der Waals surface area contributed by atoms with E-state index in [1.807, 2.05) is 9.80 Å². The van der Waals surface area contributed by atoms with Crippen molar-refractivity contribution in [2.24, 2.45) is 5.92 Å². The molecule has 4 heterocycles. The number of carboxylic acid groups (broad SMARTS) is 1. The minimum absolute atomic E-state index is 0.0199. The molecule has 4 rings (SSSR count). The van der Waals surface area contributed by atoms with E-state index < -0.39 is 5.97 Å². The molecule has 3 saturated heterocycles. The number of hydrogen-bond acceptors (Lipinski definition) is 4. The summed E-state index contributed by atoms with van der Waals surface area (Å²) in [4.78, 5) is 31.3. The Labute approximate surface area is 123 Å². The smallest absolute Gasteiger partial charge is 0.317 e. The number of rotatable bonds is 3. The molecular formula is C15H19N3O3. The predicted molar refractivity (Wildman–Crippen MR) is 75.9 cm³/mol. The van der Waals surface area contributed by atoms with E-state index in [2.05, 4.69) is 4.98 Å². The van der Waals surface area contributed by atoms with Gasteiger partial charge in [-0.1, -0.05) is 0 Å². The Morgan fingerprint density at radius 3 is 2.67 bits per heavy atom. The molecule has 2 bridgehead atoms. The third-order valence-electron chi connectivity index (χ3n) is 4.38. The Hall–Kier alpha value is -1.95. The van der Waals surface area contributed by atoms with E-state index in [-0.39, 0.29) is 18.5 Å². The number of carbonyl (C=O) groups excluding carboxylic acids is 1. The van der Waals surface area contributed by atoms with Crippen molar-refractivity contribution in [3.05, 3.63) is 30.1 Å². The monoisotopic (exact) mass is 289 g/mol. The summed E-state index contributed by atoms with van der Waals surface area (Å²) >= 11 is 0. The van der Waals surface area contributed by atoms with E-state index in [9.17, 15) is 9.59 Å². The molecule has 0 saturated carbocycles. The number of aromatic nitrogens is 1. The molecule has 3 fully saturated rings. The third kappa shape index (κ3) is 3.05. The Balaban J connectivity index is 1.75. The second-order valence-corrected chi connectivity index (χ2v) is 5.87. The van der Waals surface area contributed by atoms with Gasteiger partial charge in [-0.15, -0.1) is 0 Å². The summed E-state index contributed by atoms with van der Waals surface area (Å²) in [6.45, 7) is 2.17. The van der Waals surface area contributed by atoms with Crippen LogP contribution >= 0.6 is 0 Å². The molecule has 1 aromatic rings. The Morgan fingerprint density at radius 2 is 1.95 bits per heavy atom. The Bertz CT molecular complexity index is 534. The summed E-state index contributed by atoms with van der Waals surface area (Å²) in [7, 11) is 0. The van der Waals surface area contributed by atoms with Crippen LogP contribution in [-0.2, 0) is 4.79 Å². The number of amides is 1.